The minimum absolute atomic E-state index is 0.0103. The van der Waals surface area contributed by atoms with Crippen molar-refractivity contribution in [2.24, 2.45) is 0 Å². The van der Waals surface area contributed by atoms with E-state index in [1.165, 1.54) is 50.4 Å². The third-order valence-electron chi connectivity index (χ3n) is 7.40. The maximum absolute atomic E-state index is 14.5. The van der Waals surface area contributed by atoms with Gasteiger partial charge >= 0.3 is 0 Å². The van der Waals surface area contributed by atoms with Crippen molar-refractivity contribution in [2.45, 2.75) is 30.8 Å². The molecule has 1 atom stereocenters. The number of rotatable bonds is 13. The monoisotopic (exact) mass is 683 g/mol. The maximum atomic E-state index is 14.5. The number of nitrogens with one attached hydrogen (secondary N) is 1. The van der Waals surface area contributed by atoms with Gasteiger partial charge in [0, 0.05) is 26.1 Å². The Morgan fingerprint density at radius 1 is 0.826 bits per heavy atom. The first-order valence-corrected chi connectivity index (χ1v) is 16.5. The molecular formula is C34H35Cl2N3O6S. The number of hydrogen-bond donors (Lipinski definition) is 1. The molecule has 0 saturated carbocycles. The molecule has 0 heterocycles. The molecule has 0 unspecified atom stereocenters. The van der Waals surface area contributed by atoms with Crippen molar-refractivity contribution in [2.75, 3.05) is 32.1 Å². The molecular weight excluding hydrogens is 649 g/mol. The van der Waals surface area contributed by atoms with E-state index < -0.39 is 34.4 Å². The van der Waals surface area contributed by atoms with E-state index in [2.05, 4.69) is 5.32 Å². The highest BCUT2D eigenvalue weighted by Gasteiger charge is 2.34. The predicted molar refractivity (Wildman–Crippen MR) is 180 cm³/mol. The van der Waals surface area contributed by atoms with Crippen LogP contribution in [0.2, 0.25) is 10.0 Å². The number of halogens is 2. The van der Waals surface area contributed by atoms with Gasteiger partial charge in [-0.1, -0.05) is 77.3 Å². The van der Waals surface area contributed by atoms with E-state index >= 15 is 0 Å². The van der Waals surface area contributed by atoms with Crippen LogP contribution >= 0.6 is 23.2 Å². The second-order valence-corrected chi connectivity index (χ2v) is 13.1. The number of aryl methyl sites for hydroxylation is 1. The van der Waals surface area contributed by atoms with Crippen LogP contribution < -0.4 is 19.1 Å². The average molecular weight is 685 g/mol. The average Bonchev–Trinajstić information content (AvgIpc) is 3.06. The van der Waals surface area contributed by atoms with E-state index in [-0.39, 0.29) is 34.3 Å². The number of ether oxygens (including phenoxy) is 2. The molecule has 0 aliphatic heterocycles. The second-order valence-electron chi connectivity index (χ2n) is 10.5. The first-order chi connectivity index (χ1) is 22.0. The zero-order valence-corrected chi connectivity index (χ0v) is 28.2. The topological polar surface area (TPSA) is 105 Å². The molecule has 0 radical (unpaired) electrons. The summed E-state index contributed by atoms with van der Waals surface area (Å²) in [5.74, 6) is -0.386. The quantitative estimate of drug-likeness (QED) is 0.188. The predicted octanol–water partition coefficient (Wildman–Crippen LogP) is 5.90. The van der Waals surface area contributed by atoms with Crippen LogP contribution in [0, 0.1) is 6.92 Å². The molecule has 0 aliphatic carbocycles. The number of carbonyl (C=O) groups excluding carboxylic acids is 2. The van der Waals surface area contributed by atoms with Crippen molar-refractivity contribution in [3.8, 4) is 11.5 Å². The van der Waals surface area contributed by atoms with Gasteiger partial charge < -0.3 is 19.7 Å². The number of amides is 2. The van der Waals surface area contributed by atoms with Crippen molar-refractivity contribution < 1.29 is 27.5 Å². The third-order valence-corrected chi connectivity index (χ3v) is 9.92. The lowest BCUT2D eigenvalue weighted by atomic mass is 10.0. The highest BCUT2D eigenvalue weighted by Crippen LogP contribution is 2.34. The summed E-state index contributed by atoms with van der Waals surface area (Å²) in [6.45, 7) is 1.17. The lowest BCUT2D eigenvalue weighted by Gasteiger charge is -2.33. The number of benzene rings is 4. The van der Waals surface area contributed by atoms with Crippen molar-refractivity contribution >= 4 is 50.7 Å². The van der Waals surface area contributed by atoms with Gasteiger partial charge in [0.15, 0.2) is 11.5 Å². The molecule has 9 nitrogen and oxygen atoms in total. The van der Waals surface area contributed by atoms with Crippen LogP contribution in [0.4, 0.5) is 5.69 Å². The van der Waals surface area contributed by atoms with E-state index in [4.69, 9.17) is 32.7 Å². The fourth-order valence-corrected chi connectivity index (χ4v) is 6.63. The van der Waals surface area contributed by atoms with E-state index in [1.54, 1.807) is 36.4 Å². The van der Waals surface area contributed by atoms with Gasteiger partial charge in [-0.25, -0.2) is 8.42 Å². The number of sulfonamides is 1. The zero-order chi connectivity index (χ0) is 33.4. The highest BCUT2D eigenvalue weighted by atomic mass is 35.5. The zero-order valence-electron chi connectivity index (χ0n) is 25.9. The summed E-state index contributed by atoms with van der Waals surface area (Å²) >= 11 is 12.5. The van der Waals surface area contributed by atoms with Crippen LogP contribution in [0.3, 0.4) is 0 Å². The van der Waals surface area contributed by atoms with Crippen LogP contribution in [0.5, 0.6) is 11.5 Å². The number of nitrogens with zero attached hydrogens (tertiary/aromatic N) is 2. The van der Waals surface area contributed by atoms with Gasteiger partial charge in [-0.05, 0) is 54.4 Å². The summed E-state index contributed by atoms with van der Waals surface area (Å²) in [4.78, 5) is 29.2. The highest BCUT2D eigenvalue weighted by molar-refractivity contribution is 7.92. The molecule has 4 aromatic rings. The van der Waals surface area contributed by atoms with E-state index in [1.807, 2.05) is 37.3 Å². The van der Waals surface area contributed by atoms with Crippen LogP contribution in [0.1, 0.15) is 16.7 Å². The first kappa shape index (κ1) is 34.6. The summed E-state index contributed by atoms with van der Waals surface area (Å²) in [5, 5.41) is 3.27. The summed E-state index contributed by atoms with van der Waals surface area (Å²) < 4.78 is 40.2. The molecule has 0 fully saturated rings. The van der Waals surface area contributed by atoms with Gasteiger partial charge in [0.2, 0.25) is 11.8 Å². The Hall–Kier alpha value is -4.25. The number of likely N-dealkylation sites (N-methyl/N-ethyl adjacent to an activating group) is 1. The Kier molecular flexibility index (Phi) is 11.6. The standard InChI is InChI=1S/C34H35Cl2N3O6S/c1-23-10-14-27(15-11-23)46(42,43)39(26-13-17-31(44-3)32(20-26)45-4)22-33(40)38(21-25-12-16-28(35)29(36)18-25)30(34(41)37-2)19-24-8-6-5-7-9-24/h5-18,20,30H,19,21-22H2,1-4H3,(H,37,41)/t30-/m0/s1. The van der Waals surface area contributed by atoms with Gasteiger partial charge in [-0.2, -0.15) is 0 Å². The lowest BCUT2D eigenvalue weighted by molar-refractivity contribution is -0.139. The van der Waals surface area contributed by atoms with Gasteiger partial charge in [0.1, 0.15) is 12.6 Å². The van der Waals surface area contributed by atoms with Crippen LogP contribution in [-0.4, -0.2) is 59.0 Å². The van der Waals surface area contributed by atoms with Crippen molar-refractivity contribution in [1.29, 1.82) is 0 Å². The summed E-state index contributed by atoms with van der Waals surface area (Å²) in [7, 11) is 0.0961. The molecule has 1 N–H and O–H groups in total. The first-order valence-electron chi connectivity index (χ1n) is 14.3. The number of hydrogen-bond acceptors (Lipinski definition) is 6. The van der Waals surface area contributed by atoms with Crippen molar-refractivity contribution in [3.05, 3.63) is 118 Å². The molecule has 0 bridgehead atoms. The Morgan fingerprint density at radius 3 is 2.11 bits per heavy atom. The SMILES string of the molecule is CNC(=O)[C@H](Cc1ccccc1)N(Cc1ccc(Cl)c(Cl)c1)C(=O)CN(c1ccc(OC)c(OC)c1)S(=O)(=O)c1ccc(C)cc1. The Balaban J connectivity index is 1.84. The molecule has 4 aromatic carbocycles. The molecule has 242 valence electrons. The summed E-state index contributed by atoms with van der Waals surface area (Å²) in [5.41, 5.74) is 2.45. The van der Waals surface area contributed by atoms with Gasteiger partial charge in [0.05, 0.1) is 34.8 Å². The van der Waals surface area contributed by atoms with Gasteiger partial charge in [-0.3, -0.25) is 13.9 Å². The van der Waals surface area contributed by atoms with E-state index in [0.717, 1.165) is 15.4 Å². The molecule has 0 aliphatic rings. The number of methoxy groups -OCH3 is 2. The summed E-state index contributed by atoms with van der Waals surface area (Å²) in [6, 6.07) is 24.1. The van der Waals surface area contributed by atoms with E-state index in [0.29, 0.717) is 16.3 Å². The summed E-state index contributed by atoms with van der Waals surface area (Å²) in [6.07, 6.45) is 0.175. The molecule has 0 aromatic heterocycles. The van der Waals surface area contributed by atoms with Crippen molar-refractivity contribution in [3.63, 3.8) is 0 Å². The third kappa shape index (κ3) is 8.12. The Labute approximate surface area is 279 Å². The van der Waals surface area contributed by atoms with Crippen LogP contribution in [0.15, 0.2) is 95.9 Å². The number of anilines is 1. The smallest absolute Gasteiger partial charge is 0.264 e. The Bertz CT molecular complexity index is 1790. The molecule has 12 heteroatoms. The minimum Gasteiger partial charge on any atom is -0.493 e. The van der Waals surface area contributed by atoms with Gasteiger partial charge in [-0.15, -0.1) is 0 Å². The molecule has 0 spiro atoms. The second kappa shape index (κ2) is 15.4. The van der Waals surface area contributed by atoms with Crippen molar-refractivity contribution in [1.82, 2.24) is 10.2 Å². The number of carbonyl (C=O) groups is 2. The van der Waals surface area contributed by atoms with Crippen LogP contribution in [0.25, 0.3) is 0 Å². The normalized spacial score (nSPS) is 11.8. The maximum Gasteiger partial charge on any atom is 0.264 e. The lowest BCUT2D eigenvalue weighted by Crippen LogP contribution is -2.53. The van der Waals surface area contributed by atoms with Gasteiger partial charge in [0.25, 0.3) is 10.0 Å². The van der Waals surface area contributed by atoms with Crippen LogP contribution in [-0.2, 0) is 32.6 Å². The Morgan fingerprint density at radius 2 is 1.50 bits per heavy atom. The molecule has 4 rings (SSSR count). The molecule has 2 amide bonds. The fourth-order valence-electron chi connectivity index (χ4n) is 4.90. The molecule has 46 heavy (non-hydrogen) atoms. The largest absolute Gasteiger partial charge is 0.493 e. The molecule has 0 saturated heterocycles. The fraction of sp³-hybridized carbons (Fsp3) is 0.235. The minimum atomic E-state index is -4.29. The van der Waals surface area contributed by atoms with E-state index in [9.17, 15) is 18.0 Å².